The van der Waals surface area contributed by atoms with Gasteiger partial charge in [-0.15, -0.1) is 0 Å². The number of hydrogen-bond donors (Lipinski definition) is 0. The summed E-state index contributed by atoms with van der Waals surface area (Å²) >= 11 is 0. The van der Waals surface area contributed by atoms with Crippen molar-refractivity contribution >= 4 is 11.8 Å². The van der Waals surface area contributed by atoms with Gasteiger partial charge in [-0.2, -0.15) is 0 Å². The maximum Gasteiger partial charge on any atom is 0.260 e. The van der Waals surface area contributed by atoms with Gasteiger partial charge in [-0.3, -0.25) is 9.59 Å². The Morgan fingerprint density at radius 2 is 1.59 bits per heavy atom. The highest BCUT2D eigenvalue weighted by Crippen LogP contribution is 2.32. The molecule has 0 saturated carbocycles. The lowest BCUT2D eigenvalue weighted by molar-refractivity contribution is -0.133. The second-order valence-electron chi connectivity index (χ2n) is 9.29. The van der Waals surface area contributed by atoms with E-state index in [1.54, 1.807) is 36.3 Å². The lowest BCUT2D eigenvalue weighted by Crippen LogP contribution is -2.39. The maximum atomic E-state index is 12.9. The van der Waals surface area contributed by atoms with Crippen molar-refractivity contribution in [2.75, 3.05) is 39.9 Å². The molecule has 172 valence electrons. The molecule has 2 aromatic rings. The number of rotatable bonds is 5. The lowest BCUT2D eigenvalue weighted by atomic mass is 9.85. The van der Waals surface area contributed by atoms with Crippen LogP contribution in [0.3, 0.4) is 0 Å². The maximum absolute atomic E-state index is 12.9. The van der Waals surface area contributed by atoms with E-state index in [1.165, 1.54) is 5.56 Å². The number of hydrogen-bond acceptors (Lipinski definition) is 4. The third-order valence-corrected chi connectivity index (χ3v) is 5.77. The minimum Gasteiger partial charge on any atom is -0.497 e. The smallest absolute Gasteiger partial charge is 0.260 e. The Balaban J connectivity index is 1.58. The van der Waals surface area contributed by atoms with Gasteiger partial charge in [0.25, 0.3) is 11.8 Å². The molecule has 0 aliphatic carbocycles. The Kier molecular flexibility index (Phi) is 7.44. The Bertz CT molecular complexity index is 947. The Labute approximate surface area is 191 Å². The van der Waals surface area contributed by atoms with Gasteiger partial charge in [-0.05, 0) is 54.7 Å². The second kappa shape index (κ2) is 10.1. The van der Waals surface area contributed by atoms with Crippen LogP contribution in [0.15, 0.2) is 42.5 Å². The Morgan fingerprint density at radius 3 is 2.25 bits per heavy atom. The van der Waals surface area contributed by atoms with Gasteiger partial charge in [-0.25, -0.2) is 0 Å². The highest BCUT2D eigenvalue weighted by molar-refractivity contribution is 5.94. The van der Waals surface area contributed by atoms with Gasteiger partial charge < -0.3 is 19.3 Å². The van der Waals surface area contributed by atoms with Crippen molar-refractivity contribution in [3.8, 4) is 11.5 Å². The quantitative estimate of drug-likeness (QED) is 0.707. The number of aryl methyl sites for hydroxylation is 1. The summed E-state index contributed by atoms with van der Waals surface area (Å²) in [6.45, 7) is 10.7. The zero-order chi connectivity index (χ0) is 23.3. The minimum atomic E-state index is -0.0741. The van der Waals surface area contributed by atoms with Crippen LogP contribution in [0.4, 0.5) is 0 Å². The molecule has 6 heteroatoms. The first-order valence-corrected chi connectivity index (χ1v) is 11.1. The first-order chi connectivity index (χ1) is 15.2. The monoisotopic (exact) mass is 438 g/mol. The van der Waals surface area contributed by atoms with E-state index in [9.17, 15) is 9.59 Å². The van der Waals surface area contributed by atoms with Crippen LogP contribution in [-0.4, -0.2) is 61.5 Å². The third-order valence-electron chi connectivity index (χ3n) is 5.77. The van der Waals surface area contributed by atoms with Gasteiger partial charge in [-0.1, -0.05) is 38.5 Å². The van der Waals surface area contributed by atoms with Crippen molar-refractivity contribution < 1.29 is 19.1 Å². The lowest BCUT2D eigenvalue weighted by Gasteiger charge is -2.25. The van der Waals surface area contributed by atoms with Crippen LogP contribution < -0.4 is 9.47 Å². The van der Waals surface area contributed by atoms with E-state index >= 15 is 0 Å². The first-order valence-electron chi connectivity index (χ1n) is 11.1. The SMILES string of the molecule is COc1ccc(C(=O)N2CCCN(C(=O)COc3ccc(C)cc3C(C)(C)C)CC2)cc1. The molecule has 32 heavy (non-hydrogen) atoms. The molecule has 0 atom stereocenters. The topological polar surface area (TPSA) is 59.1 Å². The largest absolute Gasteiger partial charge is 0.497 e. The van der Waals surface area contributed by atoms with E-state index in [0.29, 0.717) is 31.7 Å². The van der Waals surface area contributed by atoms with E-state index in [1.807, 2.05) is 17.0 Å². The van der Waals surface area contributed by atoms with Crippen molar-refractivity contribution in [3.05, 3.63) is 59.2 Å². The molecule has 0 aromatic heterocycles. The molecule has 0 unspecified atom stereocenters. The minimum absolute atomic E-state index is 0.00142. The molecule has 1 aliphatic rings. The number of carbonyl (C=O) groups excluding carboxylic acids is 2. The molecule has 1 aliphatic heterocycles. The molecule has 6 nitrogen and oxygen atoms in total. The van der Waals surface area contributed by atoms with Crippen LogP contribution in [-0.2, 0) is 10.2 Å². The number of benzene rings is 2. The molecule has 2 amide bonds. The van der Waals surface area contributed by atoms with Gasteiger partial charge in [0.2, 0.25) is 0 Å². The molecule has 0 spiro atoms. The van der Waals surface area contributed by atoms with Crippen molar-refractivity contribution in [2.24, 2.45) is 0 Å². The molecular formula is C26H34N2O4. The summed E-state index contributed by atoms with van der Waals surface area (Å²) in [5.74, 6) is 1.40. The third kappa shape index (κ3) is 5.81. The van der Waals surface area contributed by atoms with Gasteiger partial charge in [0.05, 0.1) is 7.11 Å². The summed E-state index contributed by atoms with van der Waals surface area (Å²) in [5.41, 5.74) is 2.82. The van der Waals surface area contributed by atoms with E-state index in [2.05, 4.69) is 33.8 Å². The molecule has 0 N–H and O–H groups in total. The van der Waals surface area contributed by atoms with Gasteiger partial charge in [0.15, 0.2) is 6.61 Å². The fourth-order valence-corrected chi connectivity index (χ4v) is 3.87. The summed E-state index contributed by atoms with van der Waals surface area (Å²) in [6, 6.07) is 13.2. The van der Waals surface area contributed by atoms with E-state index in [-0.39, 0.29) is 23.8 Å². The van der Waals surface area contributed by atoms with Crippen LogP contribution in [0.5, 0.6) is 11.5 Å². The van der Waals surface area contributed by atoms with E-state index in [4.69, 9.17) is 9.47 Å². The van der Waals surface area contributed by atoms with Gasteiger partial charge in [0.1, 0.15) is 11.5 Å². The summed E-state index contributed by atoms with van der Waals surface area (Å²) in [5, 5.41) is 0. The first kappa shape index (κ1) is 23.6. The molecule has 1 saturated heterocycles. The van der Waals surface area contributed by atoms with Crippen molar-refractivity contribution in [2.45, 2.75) is 39.5 Å². The summed E-state index contributed by atoms with van der Waals surface area (Å²) in [6.07, 6.45) is 0.741. The zero-order valence-corrected chi connectivity index (χ0v) is 19.8. The summed E-state index contributed by atoms with van der Waals surface area (Å²) in [7, 11) is 1.60. The van der Waals surface area contributed by atoms with Gasteiger partial charge >= 0.3 is 0 Å². The molecule has 2 aromatic carbocycles. The van der Waals surface area contributed by atoms with E-state index < -0.39 is 0 Å². The van der Waals surface area contributed by atoms with Crippen LogP contribution in [0, 0.1) is 6.92 Å². The van der Waals surface area contributed by atoms with Crippen LogP contribution >= 0.6 is 0 Å². The molecule has 0 bridgehead atoms. The molecule has 1 fully saturated rings. The van der Waals surface area contributed by atoms with E-state index in [0.717, 1.165) is 23.5 Å². The molecule has 3 rings (SSSR count). The second-order valence-corrected chi connectivity index (χ2v) is 9.29. The number of ether oxygens (including phenoxy) is 2. The summed E-state index contributed by atoms with van der Waals surface area (Å²) in [4.78, 5) is 29.3. The fraction of sp³-hybridized carbons (Fsp3) is 0.462. The highest BCUT2D eigenvalue weighted by atomic mass is 16.5. The van der Waals surface area contributed by atoms with Crippen molar-refractivity contribution in [1.82, 2.24) is 9.80 Å². The highest BCUT2D eigenvalue weighted by Gasteiger charge is 2.24. The van der Waals surface area contributed by atoms with Crippen LogP contribution in [0.1, 0.15) is 48.7 Å². The number of nitrogens with zero attached hydrogens (tertiary/aromatic N) is 2. The molecule has 0 radical (unpaired) electrons. The number of methoxy groups -OCH3 is 1. The number of amides is 2. The molecular weight excluding hydrogens is 404 g/mol. The Hall–Kier alpha value is -3.02. The van der Waals surface area contributed by atoms with Crippen molar-refractivity contribution in [3.63, 3.8) is 0 Å². The fourth-order valence-electron chi connectivity index (χ4n) is 3.87. The van der Waals surface area contributed by atoms with Gasteiger partial charge in [0, 0.05) is 31.7 Å². The Morgan fingerprint density at radius 1 is 0.938 bits per heavy atom. The summed E-state index contributed by atoms with van der Waals surface area (Å²) < 4.78 is 11.1. The van der Waals surface area contributed by atoms with Crippen molar-refractivity contribution in [1.29, 1.82) is 0 Å². The molecule has 1 heterocycles. The normalized spacial score (nSPS) is 14.7. The standard InChI is InChI=1S/C26H34N2O4/c1-19-7-12-23(22(17-19)26(2,3)4)32-18-24(29)27-13-6-14-28(16-15-27)25(30)20-8-10-21(31-5)11-9-20/h7-12,17H,6,13-16,18H2,1-5H3. The predicted molar refractivity (Wildman–Crippen MR) is 125 cm³/mol. The van der Waals surface area contributed by atoms with Crippen LogP contribution in [0.2, 0.25) is 0 Å². The van der Waals surface area contributed by atoms with Crippen LogP contribution in [0.25, 0.3) is 0 Å². The predicted octanol–water partition coefficient (Wildman–Crippen LogP) is 4.05. The number of carbonyl (C=O) groups is 2. The zero-order valence-electron chi connectivity index (χ0n) is 19.8. The average Bonchev–Trinajstić information content (AvgIpc) is 3.03. The average molecular weight is 439 g/mol.